The van der Waals surface area contributed by atoms with Gasteiger partial charge in [0.05, 0.1) is 21.1 Å². The van der Waals surface area contributed by atoms with Crippen molar-refractivity contribution < 1.29 is 23.8 Å². The van der Waals surface area contributed by atoms with E-state index in [0.717, 1.165) is 0 Å². The number of carbonyl (C=O) groups excluding carboxylic acids is 1. The van der Waals surface area contributed by atoms with Crippen molar-refractivity contribution in [3.05, 3.63) is 85.6 Å². The van der Waals surface area contributed by atoms with Gasteiger partial charge in [0.25, 0.3) is 11.6 Å². The lowest BCUT2D eigenvalue weighted by Crippen LogP contribution is -2.24. The van der Waals surface area contributed by atoms with E-state index in [2.05, 4.69) is 10.5 Å². The van der Waals surface area contributed by atoms with Crippen LogP contribution in [0.5, 0.6) is 5.75 Å². The Kier molecular flexibility index (Phi) is 6.58. The molecule has 0 aliphatic heterocycles. The van der Waals surface area contributed by atoms with Crippen LogP contribution in [0.25, 0.3) is 11.3 Å². The minimum absolute atomic E-state index is 0.0452. The lowest BCUT2D eigenvalue weighted by molar-refractivity contribution is -0.385. The summed E-state index contributed by atoms with van der Waals surface area (Å²) in [5.41, 5.74) is 2.12. The maximum Gasteiger partial charge on any atom is 0.310 e. The van der Waals surface area contributed by atoms with Crippen LogP contribution in [-0.2, 0) is 4.79 Å². The first-order chi connectivity index (χ1) is 14.8. The van der Waals surface area contributed by atoms with Crippen molar-refractivity contribution in [3.63, 3.8) is 0 Å². The second-order valence-corrected chi connectivity index (χ2v) is 6.34. The minimum atomic E-state index is -0.650. The van der Waals surface area contributed by atoms with Crippen molar-refractivity contribution in [2.24, 2.45) is 5.10 Å². The summed E-state index contributed by atoms with van der Waals surface area (Å²) in [5, 5.41) is 25.8. The molecule has 0 saturated heterocycles. The van der Waals surface area contributed by atoms with Crippen molar-refractivity contribution in [1.82, 2.24) is 5.43 Å². The van der Waals surface area contributed by atoms with E-state index < -0.39 is 22.4 Å². The van der Waals surface area contributed by atoms with Gasteiger partial charge in [-0.25, -0.2) is 5.43 Å². The molecule has 12 heteroatoms. The average molecular weight is 445 g/mol. The van der Waals surface area contributed by atoms with E-state index in [-0.39, 0.29) is 33.7 Å². The van der Waals surface area contributed by atoms with Crippen LogP contribution in [0.2, 0.25) is 5.02 Å². The van der Waals surface area contributed by atoms with Gasteiger partial charge in [0.2, 0.25) is 0 Å². The molecule has 11 nitrogen and oxygen atoms in total. The minimum Gasteiger partial charge on any atom is -0.477 e. The van der Waals surface area contributed by atoms with E-state index in [1.54, 1.807) is 12.1 Å². The van der Waals surface area contributed by atoms with Gasteiger partial charge in [0.1, 0.15) is 11.5 Å². The number of ether oxygens (including phenoxy) is 1. The summed E-state index contributed by atoms with van der Waals surface area (Å²) in [4.78, 5) is 32.5. The smallest absolute Gasteiger partial charge is 0.310 e. The number of furan rings is 1. The molecule has 0 aliphatic rings. The van der Waals surface area contributed by atoms with Crippen LogP contribution >= 0.6 is 11.6 Å². The highest BCUT2D eigenvalue weighted by atomic mass is 35.5. The van der Waals surface area contributed by atoms with Gasteiger partial charge < -0.3 is 9.15 Å². The fraction of sp³-hybridized carbons (Fsp3) is 0.0526. The van der Waals surface area contributed by atoms with Gasteiger partial charge in [0.15, 0.2) is 12.4 Å². The molecule has 0 saturated carbocycles. The topological polar surface area (TPSA) is 150 Å². The zero-order valence-electron chi connectivity index (χ0n) is 15.6. The Morgan fingerprint density at radius 2 is 1.90 bits per heavy atom. The number of nitrogens with zero attached hydrogens (tertiary/aromatic N) is 3. The molecule has 1 N–H and O–H groups in total. The van der Waals surface area contributed by atoms with E-state index in [1.165, 1.54) is 48.7 Å². The SMILES string of the molecule is O=C(COc1ccccc1[N+](=O)[O-])N/N=C\c1ccc(-c2cc([N+](=O)[O-])ccc2Cl)o1. The van der Waals surface area contributed by atoms with E-state index in [4.69, 9.17) is 20.8 Å². The number of hydrogen-bond acceptors (Lipinski definition) is 8. The lowest BCUT2D eigenvalue weighted by atomic mass is 10.1. The highest BCUT2D eigenvalue weighted by Crippen LogP contribution is 2.32. The summed E-state index contributed by atoms with van der Waals surface area (Å²) in [6.45, 7) is -0.491. The second-order valence-electron chi connectivity index (χ2n) is 5.93. The first-order valence-electron chi connectivity index (χ1n) is 8.57. The first kappa shape index (κ1) is 21.5. The number of nitro groups is 2. The number of nitrogens with one attached hydrogen (secondary N) is 1. The fourth-order valence-corrected chi connectivity index (χ4v) is 2.67. The van der Waals surface area contributed by atoms with E-state index in [9.17, 15) is 25.0 Å². The largest absolute Gasteiger partial charge is 0.477 e. The monoisotopic (exact) mass is 444 g/mol. The number of non-ortho nitro benzene ring substituents is 1. The van der Waals surface area contributed by atoms with Crippen molar-refractivity contribution in [2.75, 3.05) is 6.61 Å². The van der Waals surface area contributed by atoms with Crippen LogP contribution in [0.15, 0.2) is 64.1 Å². The molecule has 31 heavy (non-hydrogen) atoms. The molecule has 2 aromatic carbocycles. The van der Waals surface area contributed by atoms with Crippen LogP contribution in [0.3, 0.4) is 0 Å². The molecule has 0 bridgehead atoms. The summed E-state index contributed by atoms with van der Waals surface area (Å²) in [7, 11) is 0. The number of hydrogen-bond donors (Lipinski definition) is 1. The number of para-hydroxylation sites is 2. The van der Waals surface area contributed by atoms with Crippen LogP contribution in [0, 0.1) is 20.2 Å². The molecule has 1 heterocycles. The third kappa shape index (κ3) is 5.42. The Balaban J connectivity index is 1.60. The highest BCUT2D eigenvalue weighted by molar-refractivity contribution is 6.33. The van der Waals surface area contributed by atoms with Gasteiger partial charge >= 0.3 is 5.69 Å². The quantitative estimate of drug-likeness (QED) is 0.314. The van der Waals surface area contributed by atoms with E-state index >= 15 is 0 Å². The zero-order valence-corrected chi connectivity index (χ0v) is 16.3. The Labute approximate surface area is 179 Å². The summed E-state index contributed by atoms with van der Waals surface area (Å²) >= 11 is 6.08. The van der Waals surface area contributed by atoms with Crippen LogP contribution in [0.4, 0.5) is 11.4 Å². The van der Waals surface area contributed by atoms with Crippen molar-refractivity contribution in [3.8, 4) is 17.1 Å². The number of carbonyl (C=O) groups is 1. The standard InChI is InChI=1S/C19H13ClN4O7/c20-15-7-5-12(23(26)27)9-14(15)17-8-6-13(31-17)10-21-22-19(25)11-30-18-4-2-1-3-16(18)24(28)29/h1-10H,11H2,(H,22,25)/b21-10-. The number of nitro benzene ring substituents is 2. The molecule has 1 amide bonds. The summed E-state index contributed by atoms with van der Waals surface area (Å²) < 4.78 is 10.7. The Hall–Kier alpha value is -4.25. The molecular formula is C19H13ClN4O7. The number of hydrazone groups is 1. The van der Waals surface area contributed by atoms with E-state index in [1.807, 2.05) is 0 Å². The number of rotatable bonds is 8. The van der Waals surface area contributed by atoms with Crippen LogP contribution < -0.4 is 10.2 Å². The molecule has 0 radical (unpaired) electrons. The molecule has 3 aromatic rings. The van der Waals surface area contributed by atoms with Crippen molar-refractivity contribution >= 4 is 35.1 Å². The molecule has 158 valence electrons. The molecule has 0 aliphatic carbocycles. The van der Waals surface area contributed by atoms with Crippen molar-refractivity contribution in [1.29, 1.82) is 0 Å². The van der Waals surface area contributed by atoms with Gasteiger partial charge in [0, 0.05) is 23.8 Å². The summed E-state index contributed by atoms with van der Waals surface area (Å²) in [6.07, 6.45) is 1.21. The molecule has 3 rings (SSSR count). The predicted octanol–water partition coefficient (Wildman–Crippen LogP) is 3.95. The van der Waals surface area contributed by atoms with Crippen molar-refractivity contribution in [2.45, 2.75) is 0 Å². The molecule has 1 aromatic heterocycles. The van der Waals surface area contributed by atoms with Crippen LogP contribution in [0.1, 0.15) is 5.76 Å². The Morgan fingerprint density at radius 1 is 1.13 bits per heavy atom. The molecular weight excluding hydrogens is 432 g/mol. The second kappa shape index (κ2) is 9.50. The molecule has 0 unspecified atom stereocenters. The van der Waals surface area contributed by atoms with Gasteiger partial charge in [-0.2, -0.15) is 5.10 Å². The van der Waals surface area contributed by atoms with Gasteiger partial charge in [-0.1, -0.05) is 23.7 Å². The average Bonchev–Trinajstić information content (AvgIpc) is 3.21. The summed E-state index contributed by atoms with van der Waals surface area (Å²) in [6, 6.07) is 12.7. The first-order valence-corrected chi connectivity index (χ1v) is 8.95. The normalized spacial score (nSPS) is 10.7. The molecule has 0 atom stereocenters. The number of amides is 1. The Morgan fingerprint density at radius 3 is 2.65 bits per heavy atom. The zero-order chi connectivity index (χ0) is 22.4. The number of benzene rings is 2. The maximum atomic E-state index is 11.8. The predicted molar refractivity (Wildman–Crippen MR) is 110 cm³/mol. The third-order valence-electron chi connectivity index (χ3n) is 3.85. The van der Waals surface area contributed by atoms with Gasteiger partial charge in [-0.15, -0.1) is 0 Å². The third-order valence-corrected chi connectivity index (χ3v) is 4.18. The van der Waals surface area contributed by atoms with Gasteiger partial charge in [-0.3, -0.25) is 25.0 Å². The highest BCUT2D eigenvalue weighted by Gasteiger charge is 2.15. The molecule has 0 spiro atoms. The number of halogens is 1. The van der Waals surface area contributed by atoms with Gasteiger partial charge in [-0.05, 0) is 24.3 Å². The fourth-order valence-electron chi connectivity index (χ4n) is 2.46. The van der Waals surface area contributed by atoms with E-state index in [0.29, 0.717) is 5.56 Å². The maximum absolute atomic E-state index is 11.8. The lowest BCUT2D eigenvalue weighted by Gasteiger charge is -2.05. The summed E-state index contributed by atoms with van der Waals surface area (Å²) in [5.74, 6) is -0.169. The Bertz CT molecular complexity index is 1180. The van der Waals surface area contributed by atoms with Crippen LogP contribution in [-0.4, -0.2) is 28.6 Å². The molecule has 0 fully saturated rings.